The summed E-state index contributed by atoms with van der Waals surface area (Å²) in [7, 11) is 0. The Bertz CT molecular complexity index is 1490. The van der Waals surface area contributed by atoms with Gasteiger partial charge in [-0.3, -0.25) is 0 Å². The Morgan fingerprint density at radius 2 is 2.05 bits per heavy atom. The van der Waals surface area contributed by atoms with E-state index in [0.29, 0.717) is 11.9 Å². The van der Waals surface area contributed by atoms with Gasteiger partial charge in [-0.25, -0.2) is 9.51 Å². The topological polar surface area (TPSA) is 103 Å². The Kier molecular flexibility index (Phi) is 7.34. The molecule has 2 saturated heterocycles. The predicted octanol–water partition coefficient (Wildman–Crippen LogP) is 5.33. The second kappa shape index (κ2) is 11.2. The molecule has 0 amide bonds. The molecule has 202 valence electrons. The number of phenols is 1. The van der Waals surface area contributed by atoms with Crippen LogP contribution < -0.4 is 20.7 Å². The molecule has 0 aliphatic carbocycles. The fourth-order valence-electron chi connectivity index (χ4n) is 5.38. The molecule has 4 aromatic rings. The number of nitrogens with two attached hydrogens (primary N) is 1. The van der Waals surface area contributed by atoms with Gasteiger partial charge in [0.05, 0.1) is 28.7 Å². The summed E-state index contributed by atoms with van der Waals surface area (Å²) in [6, 6.07) is 16.6. The molecule has 0 radical (unpaired) electrons. The van der Waals surface area contributed by atoms with Crippen LogP contribution in [0.15, 0.2) is 65.9 Å². The number of rotatable bonds is 8. The van der Waals surface area contributed by atoms with Crippen molar-refractivity contribution in [3.05, 3.63) is 72.1 Å². The standard InChI is InChI=1S/C30H35N7OS/c1-2-20-15-25(38)10-11-27(20)35-30(31)26-18-34-36-19-22(16-28(36)29(26)33-17-23-5-3-12-32-23)21-6-8-24(9-7-21)37-13-4-14-39-37/h6-11,15-16,18-19,23,32-33,38H,2-5,12-14,17H2,1H3,(H2,31,35). The Hall–Kier alpha value is -3.69. The molecule has 2 aromatic heterocycles. The highest BCUT2D eigenvalue weighted by molar-refractivity contribution is 8.00. The molecule has 1 unspecified atom stereocenters. The van der Waals surface area contributed by atoms with Crippen LogP contribution in [0.3, 0.4) is 0 Å². The average Bonchev–Trinajstić information content (AvgIpc) is 3.75. The van der Waals surface area contributed by atoms with E-state index >= 15 is 0 Å². The highest BCUT2D eigenvalue weighted by Crippen LogP contribution is 2.33. The Morgan fingerprint density at radius 3 is 2.79 bits per heavy atom. The van der Waals surface area contributed by atoms with Crippen LogP contribution in [-0.4, -0.2) is 52.0 Å². The largest absolute Gasteiger partial charge is 0.508 e. The molecule has 2 aromatic carbocycles. The second-order valence-electron chi connectivity index (χ2n) is 10.2. The number of hydrogen-bond donors (Lipinski definition) is 4. The van der Waals surface area contributed by atoms with Gasteiger partial charge in [0.2, 0.25) is 0 Å². The minimum atomic E-state index is 0.229. The van der Waals surface area contributed by atoms with Crippen molar-refractivity contribution in [1.82, 2.24) is 14.9 Å². The van der Waals surface area contributed by atoms with E-state index in [1.54, 1.807) is 18.3 Å². The molecule has 8 nitrogen and oxygen atoms in total. The monoisotopic (exact) mass is 541 g/mol. The molecule has 1 atom stereocenters. The fourth-order valence-corrected chi connectivity index (χ4v) is 6.38. The number of phenolic OH excluding ortho intramolecular Hbond substituents is 1. The number of nitrogens with zero attached hydrogens (tertiary/aromatic N) is 4. The van der Waals surface area contributed by atoms with Crippen molar-refractivity contribution in [3.8, 4) is 16.9 Å². The van der Waals surface area contributed by atoms with E-state index in [1.807, 2.05) is 29.5 Å². The Labute approximate surface area is 233 Å². The third kappa shape index (κ3) is 5.42. The maximum atomic E-state index is 9.91. The lowest BCUT2D eigenvalue weighted by Gasteiger charge is -2.17. The Morgan fingerprint density at radius 1 is 1.18 bits per heavy atom. The van der Waals surface area contributed by atoms with Gasteiger partial charge in [-0.05, 0) is 91.7 Å². The highest BCUT2D eigenvalue weighted by atomic mass is 32.2. The number of nitrogens with one attached hydrogen (secondary N) is 2. The van der Waals surface area contributed by atoms with Crippen molar-refractivity contribution in [2.45, 2.75) is 38.6 Å². The number of anilines is 2. The van der Waals surface area contributed by atoms with Gasteiger partial charge in [0.1, 0.15) is 11.6 Å². The lowest BCUT2D eigenvalue weighted by molar-refractivity contribution is 0.474. The van der Waals surface area contributed by atoms with Crippen molar-refractivity contribution in [1.29, 1.82) is 0 Å². The molecule has 6 rings (SSSR count). The molecule has 39 heavy (non-hydrogen) atoms. The molecule has 2 aliphatic rings. The number of aromatic hydroxyl groups is 1. The van der Waals surface area contributed by atoms with Crippen LogP contribution >= 0.6 is 11.9 Å². The van der Waals surface area contributed by atoms with Gasteiger partial charge >= 0.3 is 0 Å². The number of hydrogen-bond acceptors (Lipinski definition) is 7. The highest BCUT2D eigenvalue weighted by Gasteiger charge is 2.19. The summed E-state index contributed by atoms with van der Waals surface area (Å²) in [6.07, 6.45) is 8.18. The van der Waals surface area contributed by atoms with E-state index in [2.05, 4.69) is 51.5 Å². The number of amidine groups is 1. The summed E-state index contributed by atoms with van der Waals surface area (Å²) >= 11 is 1.90. The summed E-state index contributed by atoms with van der Waals surface area (Å²) in [6.45, 7) is 4.99. The summed E-state index contributed by atoms with van der Waals surface area (Å²) in [4.78, 5) is 4.77. The lowest BCUT2D eigenvalue weighted by Crippen LogP contribution is -2.30. The van der Waals surface area contributed by atoms with Crippen LogP contribution in [0.25, 0.3) is 16.6 Å². The van der Waals surface area contributed by atoms with Crippen LogP contribution in [0, 0.1) is 0 Å². The third-order valence-corrected chi connectivity index (χ3v) is 8.70. The maximum Gasteiger partial charge on any atom is 0.135 e. The van der Waals surface area contributed by atoms with E-state index < -0.39 is 0 Å². The van der Waals surface area contributed by atoms with E-state index in [0.717, 1.165) is 71.6 Å². The molecular formula is C30H35N7OS. The first-order valence-corrected chi connectivity index (χ1v) is 14.7. The normalized spacial score (nSPS) is 17.8. The first-order chi connectivity index (χ1) is 19.1. The van der Waals surface area contributed by atoms with E-state index in [1.165, 1.54) is 24.3 Å². The van der Waals surface area contributed by atoms with Gasteiger partial charge in [0, 0.05) is 42.3 Å². The van der Waals surface area contributed by atoms with Crippen molar-refractivity contribution in [2.75, 3.05) is 35.0 Å². The summed E-state index contributed by atoms with van der Waals surface area (Å²) < 4.78 is 4.28. The zero-order valence-corrected chi connectivity index (χ0v) is 23.0. The van der Waals surface area contributed by atoms with Crippen LogP contribution in [0.5, 0.6) is 5.75 Å². The zero-order valence-electron chi connectivity index (χ0n) is 22.2. The number of aryl methyl sites for hydroxylation is 1. The minimum Gasteiger partial charge on any atom is -0.508 e. The van der Waals surface area contributed by atoms with E-state index in [-0.39, 0.29) is 5.75 Å². The molecule has 9 heteroatoms. The van der Waals surface area contributed by atoms with Crippen molar-refractivity contribution in [2.24, 2.45) is 10.7 Å². The van der Waals surface area contributed by atoms with Crippen LogP contribution in [0.2, 0.25) is 0 Å². The molecule has 2 aliphatic heterocycles. The SMILES string of the molecule is CCc1cc(O)ccc1N=C(N)c1cnn2cc(-c3ccc(N4CCCS4)cc3)cc2c1NCC1CCCN1. The number of aromatic nitrogens is 2. The minimum absolute atomic E-state index is 0.229. The fraction of sp³-hybridized carbons (Fsp3) is 0.333. The van der Waals surface area contributed by atoms with Crippen molar-refractivity contribution < 1.29 is 5.11 Å². The average molecular weight is 542 g/mol. The van der Waals surface area contributed by atoms with E-state index in [4.69, 9.17) is 15.8 Å². The summed E-state index contributed by atoms with van der Waals surface area (Å²) in [5.41, 5.74) is 14.5. The van der Waals surface area contributed by atoms with Crippen molar-refractivity contribution >= 4 is 40.4 Å². The van der Waals surface area contributed by atoms with Crippen LogP contribution in [0.1, 0.15) is 37.3 Å². The number of fused-ring (bicyclic) bond motifs is 1. The zero-order chi connectivity index (χ0) is 26.8. The van der Waals surface area contributed by atoms with Gasteiger partial charge in [-0.15, -0.1) is 0 Å². The predicted molar refractivity (Wildman–Crippen MR) is 162 cm³/mol. The van der Waals surface area contributed by atoms with E-state index in [9.17, 15) is 5.11 Å². The van der Waals surface area contributed by atoms with Crippen molar-refractivity contribution in [3.63, 3.8) is 0 Å². The molecule has 0 bridgehead atoms. The molecule has 2 fully saturated rings. The van der Waals surface area contributed by atoms with Gasteiger partial charge in [0.15, 0.2) is 0 Å². The third-order valence-electron chi connectivity index (χ3n) is 7.53. The quantitative estimate of drug-likeness (QED) is 0.136. The number of benzene rings is 2. The molecule has 0 spiro atoms. The van der Waals surface area contributed by atoms with Crippen LogP contribution in [0.4, 0.5) is 17.1 Å². The summed E-state index contributed by atoms with van der Waals surface area (Å²) in [5, 5.41) is 21.9. The van der Waals surface area contributed by atoms with Crippen LogP contribution in [-0.2, 0) is 6.42 Å². The lowest BCUT2D eigenvalue weighted by atomic mass is 10.1. The maximum absolute atomic E-state index is 9.91. The van der Waals surface area contributed by atoms with Gasteiger partial charge in [-0.1, -0.05) is 19.1 Å². The molecule has 0 saturated carbocycles. The molecule has 4 heterocycles. The van der Waals surface area contributed by atoms with Gasteiger partial charge in [0.25, 0.3) is 0 Å². The summed E-state index contributed by atoms with van der Waals surface area (Å²) in [5.74, 6) is 1.81. The second-order valence-corrected chi connectivity index (χ2v) is 11.3. The van der Waals surface area contributed by atoms with Gasteiger partial charge < -0.3 is 25.8 Å². The molecular weight excluding hydrogens is 506 g/mol. The first kappa shape index (κ1) is 25.6. The molecule has 5 N–H and O–H groups in total. The smallest absolute Gasteiger partial charge is 0.135 e. The van der Waals surface area contributed by atoms with Gasteiger partial charge in [-0.2, -0.15) is 5.10 Å². The Balaban J connectivity index is 1.37. The first-order valence-electron chi connectivity index (χ1n) is 13.7. The number of aliphatic imine (C=N–C) groups is 1.